The van der Waals surface area contributed by atoms with Crippen LogP contribution in [0.15, 0.2) is 11.4 Å². The van der Waals surface area contributed by atoms with Gasteiger partial charge in [0.05, 0.1) is 0 Å². The van der Waals surface area contributed by atoms with E-state index in [-0.39, 0.29) is 0 Å². The zero-order valence-corrected chi connectivity index (χ0v) is 9.95. The van der Waals surface area contributed by atoms with Crippen LogP contribution in [-0.4, -0.2) is 0 Å². The molecule has 0 aliphatic heterocycles. The first-order valence-corrected chi connectivity index (χ1v) is 6.02. The summed E-state index contributed by atoms with van der Waals surface area (Å²) in [7, 11) is 0. The van der Waals surface area contributed by atoms with E-state index in [0.29, 0.717) is 0 Å². The average Bonchev–Trinajstić information content (AvgIpc) is 2.33. The SMILES string of the molecule is CC(C)Cc1csc(CC(C)C)c1. The molecular formula is C12H20S. The van der Waals surface area contributed by atoms with Gasteiger partial charge < -0.3 is 0 Å². The first kappa shape index (κ1) is 10.8. The molecule has 0 atom stereocenters. The molecule has 74 valence electrons. The second-order valence-electron chi connectivity index (χ2n) is 4.62. The lowest BCUT2D eigenvalue weighted by molar-refractivity contribution is 0.643. The minimum atomic E-state index is 0.779. The number of thiophene rings is 1. The van der Waals surface area contributed by atoms with E-state index in [2.05, 4.69) is 39.1 Å². The van der Waals surface area contributed by atoms with Crippen LogP contribution in [0, 0.1) is 11.8 Å². The molecule has 0 N–H and O–H groups in total. The zero-order chi connectivity index (χ0) is 9.84. The molecule has 0 amide bonds. The molecule has 0 nitrogen and oxygen atoms in total. The van der Waals surface area contributed by atoms with E-state index in [1.807, 2.05) is 11.3 Å². The highest BCUT2D eigenvalue weighted by Gasteiger charge is 2.03. The predicted molar refractivity (Wildman–Crippen MR) is 61.4 cm³/mol. The van der Waals surface area contributed by atoms with Crippen molar-refractivity contribution in [3.8, 4) is 0 Å². The predicted octanol–water partition coefficient (Wildman–Crippen LogP) is 4.15. The molecule has 0 aromatic carbocycles. The lowest BCUT2D eigenvalue weighted by atomic mass is 10.0. The van der Waals surface area contributed by atoms with Gasteiger partial charge >= 0.3 is 0 Å². The molecule has 1 aromatic heterocycles. The van der Waals surface area contributed by atoms with Crippen LogP contribution in [0.25, 0.3) is 0 Å². The summed E-state index contributed by atoms with van der Waals surface area (Å²) in [6.07, 6.45) is 2.47. The third kappa shape index (κ3) is 3.95. The Hall–Kier alpha value is -0.300. The molecule has 13 heavy (non-hydrogen) atoms. The van der Waals surface area contributed by atoms with Crippen molar-refractivity contribution >= 4 is 11.3 Å². The summed E-state index contributed by atoms with van der Waals surface area (Å²) < 4.78 is 0. The van der Waals surface area contributed by atoms with Gasteiger partial charge in [-0.25, -0.2) is 0 Å². The van der Waals surface area contributed by atoms with Crippen LogP contribution >= 0.6 is 11.3 Å². The van der Waals surface area contributed by atoms with Crippen molar-refractivity contribution in [1.82, 2.24) is 0 Å². The van der Waals surface area contributed by atoms with Crippen molar-refractivity contribution in [3.63, 3.8) is 0 Å². The number of rotatable bonds is 4. The van der Waals surface area contributed by atoms with Gasteiger partial charge in [-0.15, -0.1) is 11.3 Å². The van der Waals surface area contributed by atoms with Gasteiger partial charge in [0, 0.05) is 4.88 Å². The van der Waals surface area contributed by atoms with Gasteiger partial charge in [0.15, 0.2) is 0 Å². The smallest absolute Gasteiger partial charge is 0.00506 e. The standard InChI is InChI=1S/C12H20S/c1-9(2)5-11-7-12(13-8-11)6-10(3)4/h7-10H,5-6H2,1-4H3. The molecule has 0 fully saturated rings. The van der Waals surface area contributed by atoms with Crippen molar-refractivity contribution in [2.75, 3.05) is 0 Å². The fourth-order valence-corrected chi connectivity index (χ4v) is 2.63. The summed E-state index contributed by atoms with van der Waals surface area (Å²) in [4.78, 5) is 1.55. The average molecular weight is 196 g/mol. The lowest BCUT2D eigenvalue weighted by Crippen LogP contribution is -1.92. The van der Waals surface area contributed by atoms with Crippen LogP contribution in [0.1, 0.15) is 38.1 Å². The number of hydrogen-bond acceptors (Lipinski definition) is 1. The Balaban J connectivity index is 2.53. The van der Waals surface area contributed by atoms with E-state index in [4.69, 9.17) is 0 Å². The molecule has 0 saturated heterocycles. The van der Waals surface area contributed by atoms with E-state index in [1.54, 1.807) is 4.88 Å². The second-order valence-corrected chi connectivity index (χ2v) is 5.61. The summed E-state index contributed by atoms with van der Waals surface area (Å²) in [5.74, 6) is 1.56. The number of hydrogen-bond donors (Lipinski definition) is 0. The van der Waals surface area contributed by atoms with Crippen LogP contribution in [0.4, 0.5) is 0 Å². The van der Waals surface area contributed by atoms with Gasteiger partial charge in [0.1, 0.15) is 0 Å². The monoisotopic (exact) mass is 196 g/mol. The Kier molecular flexibility index (Phi) is 3.98. The lowest BCUT2D eigenvalue weighted by Gasteiger charge is -2.01. The van der Waals surface area contributed by atoms with Crippen LogP contribution < -0.4 is 0 Å². The third-order valence-corrected chi connectivity index (χ3v) is 2.97. The fourth-order valence-electron chi connectivity index (χ4n) is 1.51. The zero-order valence-electron chi connectivity index (χ0n) is 9.13. The van der Waals surface area contributed by atoms with Gasteiger partial charge in [-0.05, 0) is 41.7 Å². The van der Waals surface area contributed by atoms with Crippen molar-refractivity contribution in [2.45, 2.75) is 40.5 Å². The molecule has 1 rings (SSSR count). The summed E-state index contributed by atoms with van der Waals surface area (Å²) >= 11 is 1.92. The molecule has 1 aromatic rings. The van der Waals surface area contributed by atoms with Crippen LogP contribution in [0.2, 0.25) is 0 Å². The summed E-state index contributed by atoms with van der Waals surface area (Å²) in [6.45, 7) is 9.11. The van der Waals surface area contributed by atoms with Crippen LogP contribution in [0.5, 0.6) is 0 Å². The summed E-state index contributed by atoms with van der Waals surface area (Å²) in [5.41, 5.74) is 1.52. The third-order valence-electron chi connectivity index (χ3n) is 1.96. The first-order chi connectivity index (χ1) is 6.08. The minimum Gasteiger partial charge on any atom is -0.149 e. The fraction of sp³-hybridized carbons (Fsp3) is 0.667. The normalized spacial score (nSPS) is 11.5. The molecule has 1 heteroatoms. The van der Waals surface area contributed by atoms with Crippen molar-refractivity contribution < 1.29 is 0 Å². The molecular weight excluding hydrogens is 176 g/mol. The Morgan fingerprint density at radius 1 is 1.08 bits per heavy atom. The Labute approximate surface area is 86.0 Å². The Bertz CT molecular complexity index is 221. The van der Waals surface area contributed by atoms with Crippen LogP contribution in [0.3, 0.4) is 0 Å². The molecule has 0 spiro atoms. The van der Waals surface area contributed by atoms with Crippen molar-refractivity contribution in [1.29, 1.82) is 0 Å². The molecule has 0 aliphatic carbocycles. The quantitative estimate of drug-likeness (QED) is 0.679. The van der Waals surface area contributed by atoms with Gasteiger partial charge in [0.2, 0.25) is 0 Å². The molecule has 0 unspecified atom stereocenters. The van der Waals surface area contributed by atoms with E-state index < -0.39 is 0 Å². The maximum Gasteiger partial charge on any atom is 0.00506 e. The van der Waals surface area contributed by atoms with Crippen LogP contribution in [-0.2, 0) is 12.8 Å². The van der Waals surface area contributed by atoms with Crippen molar-refractivity contribution in [2.24, 2.45) is 11.8 Å². The highest BCUT2D eigenvalue weighted by atomic mass is 32.1. The topological polar surface area (TPSA) is 0 Å². The Morgan fingerprint density at radius 3 is 2.23 bits per heavy atom. The Morgan fingerprint density at radius 2 is 1.69 bits per heavy atom. The van der Waals surface area contributed by atoms with E-state index in [0.717, 1.165) is 11.8 Å². The highest BCUT2D eigenvalue weighted by molar-refractivity contribution is 7.10. The van der Waals surface area contributed by atoms with Gasteiger partial charge in [-0.1, -0.05) is 27.7 Å². The minimum absolute atomic E-state index is 0.779. The molecule has 0 aliphatic rings. The molecule has 0 saturated carbocycles. The highest BCUT2D eigenvalue weighted by Crippen LogP contribution is 2.20. The largest absolute Gasteiger partial charge is 0.149 e. The van der Waals surface area contributed by atoms with E-state index in [9.17, 15) is 0 Å². The summed E-state index contributed by atoms with van der Waals surface area (Å²) in [6, 6.07) is 2.38. The molecule has 0 radical (unpaired) electrons. The maximum absolute atomic E-state index is 2.38. The van der Waals surface area contributed by atoms with E-state index >= 15 is 0 Å². The maximum atomic E-state index is 2.38. The van der Waals surface area contributed by atoms with Gasteiger partial charge in [-0.2, -0.15) is 0 Å². The molecule has 0 bridgehead atoms. The second kappa shape index (κ2) is 4.80. The van der Waals surface area contributed by atoms with Gasteiger partial charge in [0.25, 0.3) is 0 Å². The van der Waals surface area contributed by atoms with E-state index in [1.165, 1.54) is 18.4 Å². The first-order valence-electron chi connectivity index (χ1n) is 5.14. The van der Waals surface area contributed by atoms with Gasteiger partial charge in [-0.3, -0.25) is 0 Å². The summed E-state index contributed by atoms with van der Waals surface area (Å²) in [5, 5.41) is 2.32. The molecule has 1 heterocycles. The van der Waals surface area contributed by atoms with Crippen molar-refractivity contribution in [3.05, 3.63) is 21.9 Å².